The number of halogens is 1. The van der Waals surface area contributed by atoms with Gasteiger partial charge in [-0.3, -0.25) is 14.2 Å². The van der Waals surface area contributed by atoms with Crippen molar-refractivity contribution < 1.29 is 28.3 Å². The highest BCUT2D eigenvalue weighted by atomic mass is 35.5. The monoisotopic (exact) mass is 640 g/mol. The van der Waals surface area contributed by atoms with Gasteiger partial charge in [-0.05, 0) is 85.7 Å². The van der Waals surface area contributed by atoms with Gasteiger partial charge in [-0.25, -0.2) is 4.90 Å². The molecule has 0 unspecified atom stereocenters. The number of carbonyl (C=O) groups is 2. The fourth-order valence-corrected chi connectivity index (χ4v) is 7.28. The first-order chi connectivity index (χ1) is 20.4. The zero-order valence-electron chi connectivity index (χ0n) is 26.9. The standard InChI is InChI=1S/C34H42ClN2O6P/c1-10-42-44(41,43-11-2)20-36(24-18-27(33(4,5)6)30(38)28(19-24)34(7,8)9)23-13-15-29(21(3)16-23)37-31(39)25-14-12-22(35)17-26(25)32(37)40/h12-19,38H,10-11,20H2,1-9H3. The minimum Gasteiger partial charge on any atom is -0.507 e. The van der Waals surface area contributed by atoms with Crippen LogP contribution in [0.3, 0.4) is 0 Å². The van der Waals surface area contributed by atoms with Crippen LogP contribution in [-0.2, 0) is 24.4 Å². The van der Waals surface area contributed by atoms with E-state index in [1.54, 1.807) is 38.1 Å². The number of aryl methyl sites for hydroxylation is 1. The third-order valence-corrected chi connectivity index (χ3v) is 9.74. The van der Waals surface area contributed by atoms with Gasteiger partial charge in [-0.2, -0.15) is 0 Å². The Bertz CT molecular complexity index is 1610. The lowest BCUT2D eigenvalue weighted by molar-refractivity contribution is 0.0925. The summed E-state index contributed by atoms with van der Waals surface area (Å²) in [6.45, 7) is 17.9. The fourth-order valence-electron chi connectivity index (χ4n) is 5.41. The van der Waals surface area contributed by atoms with Gasteiger partial charge in [0, 0.05) is 27.5 Å². The van der Waals surface area contributed by atoms with Crippen molar-refractivity contribution in [1.82, 2.24) is 0 Å². The van der Waals surface area contributed by atoms with Crippen LogP contribution in [0.15, 0.2) is 48.5 Å². The zero-order chi connectivity index (χ0) is 32.8. The van der Waals surface area contributed by atoms with Gasteiger partial charge in [0.05, 0.1) is 30.0 Å². The molecule has 0 saturated carbocycles. The van der Waals surface area contributed by atoms with E-state index in [0.29, 0.717) is 33.2 Å². The van der Waals surface area contributed by atoms with Gasteiger partial charge in [0.2, 0.25) is 0 Å². The number of nitrogens with zero attached hydrogens (tertiary/aromatic N) is 2. The molecule has 1 N–H and O–H groups in total. The number of aromatic hydroxyl groups is 1. The highest BCUT2D eigenvalue weighted by Crippen LogP contribution is 2.52. The number of imide groups is 1. The zero-order valence-corrected chi connectivity index (χ0v) is 28.6. The Morgan fingerprint density at radius 2 is 1.36 bits per heavy atom. The highest BCUT2D eigenvalue weighted by molar-refractivity contribution is 7.54. The average Bonchev–Trinajstić information content (AvgIpc) is 3.15. The molecule has 0 fully saturated rings. The van der Waals surface area contributed by atoms with Crippen LogP contribution in [0.5, 0.6) is 5.75 Å². The van der Waals surface area contributed by atoms with Crippen molar-refractivity contribution in [1.29, 1.82) is 0 Å². The number of rotatable bonds is 9. The number of phenols is 1. The van der Waals surface area contributed by atoms with Crippen LogP contribution in [0.2, 0.25) is 5.02 Å². The predicted molar refractivity (Wildman–Crippen MR) is 177 cm³/mol. The van der Waals surface area contributed by atoms with E-state index in [9.17, 15) is 19.3 Å². The van der Waals surface area contributed by atoms with E-state index in [1.165, 1.54) is 6.07 Å². The van der Waals surface area contributed by atoms with Crippen molar-refractivity contribution in [3.8, 4) is 5.75 Å². The molecule has 3 aromatic carbocycles. The molecule has 1 heterocycles. The molecule has 0 aliphatic carbocycles. The van der Waals surface area contributed by atoms with Crippen LogP contribution < -0.4 is 9.80 Å². The van der Waals surface area contributed by atoms with Crippen molar-refractivity contribution in [2.24, 2.45) is 0 Å². The molecule has 0 atom stereocenters. The van der Waals surface area contributed by atoms with Gasteiger partial charge in [0.25, 0.3) is 11.8 Å². The van der Waals surface area contributed by atoms with Crippen molar-refractivity contribution in [3.05, 3.63) is 81.4 Å². The first kappa shape index (κ1) is 33.7. The molecule has 8 nitrogen and oxygen atoms in total. The van der Waals surface area contributed by atoms with E-state index in [4.69, 9.17) is 20.6 Å². The summed E-state index contributed by atoms with van der Waals surface area (Å²) in [5.74, 6) is -0.640. The normalized spacial score (nSPS) is 13.9. The second kappa shape index (κ2) is 12.3. The summed E-state index contributed by atoms with van der Waals surface area (Å²) in [5, 5.41) is 11.8. The Morgan fingerprint density at radius 1 is 0.818 bits per heavy atom. The minimum atomic E-state index is -3.61. The van der Waals surface area contributed by atoms with E-state index in [-0.39, 0.29) is 30.8 Å². The number of anilines is 3. The quantitative estimate of drug-likeness (QED) is 0.184. The van der Waals surface area contributed by atoms with E-state index in [2.05, 4.69) is 0 Å². The Balaban J connectivity index is 1.90. The lowest BCUT2D eigenvalue weighted by Crippen LogP contribution is -2.30. The Hall–Kier alpha value is -3.16. The van der Waals surface area contributed by atoms with Crippen molar-refractivity contribution in [2.45, 2.75) is 73.1 Å². The van der Waals surface area contributed by atoms with Crippen LogP contribution >= 0.6 is 19.2 Å². The number of phenolic OH excluding ortho intramolecular Hbond substituents is 1. The molecule has 3 aromatic rings. The summed E-state index contributed by atoms with van der Waals surface area (Å²) in [7, 11) is -3.61. The molecule has 0 aromatic heterocycles. The average molecular weight is 641 g/mol. The van der Waals surface area contributed by atoms with Gasteiger partial charge in [0.1, 0.15) is 12.0 Å². The smallest absolute Gasteiger partial charge is 0.350 e. The molecule has 2 amide bonds. The lowest BCUT2D eigenvalue weighted by Gasteiger charge is -2.33. The predicted octanol–water partition coefficient (Wildman–Crippen LogP) is 9.11. The Morgan fingerprint density at radius 3 is 1.86 bits per heavy atom. The van der Waals surface area contributed by atoms with Gasteiger partial charge in [0.15, 0.2) is 0 Å². The second-order valence-corrected chi connectivity index (χ2v) is 15.5. The van der Waals surface area contributed by atoms with Crippen molar-refractivity contribution in [3.63, 3.8) is 0 Å². The van der Waals surface area contributed by atoms with Gasteiger partial charge < -0.3 is 19.1 Å². The van der Waals surface area contributed by atoms with Gasteiger partial charge in [-0.15, -0.1) is 0 Å². The number of amides is 2. The largest absolute Gasteiger partial charge is 0.507 e. The van der Waals surface area contributed by atoms with E-state index >= 15 is 0 Å². The number of fused-ring (bicyclic) bond motifs is 1. The first-order valence-electron chi connectivity index (χ1n) is 14.7. The first-order valence-corrected chi connectivity index (χ1v) is 16.8. The summed E-state index contributed by atoms with van der Waals surface area (Å²) in [5.41, 5.74) is 3.68. The highest BCUT2D eigenvalue weighted by Gasteiger charge is 2.38. The summed E-state index contributed by atoms with van der Waals surface area (Å²) in [6, 6.07) is 13.8. The molecule has 0 bridgehead atoms. The Kier molecular flexibility index (Phi) is 9.44. The molecule has 1 aliphatic heterocycles. The maximum absolute atomic E-state index is 14.0. The molecular formula is C34H42ClN2O6P. The molecular weight excluding hydrogens is 599 g/mol. The molecule has 236 valence electrons. The van der Waals surface area contributed by atoms with Crippen LogP contribution in [-0.4, -0.2) is 36.4 Å². The molecule has 1 aliphatic rings. The lowest BCUT2D eigenvalue weighted by atomic mass is 9.79. The Labute approximate surface area is 265 Å². The summed E-state index contributed by atoms with van der Waals surface area (Å²) in [6.07, 6.45) is -0.100. The summed E-state index contributed by atoms with van der Waals surface area (Å²) in [4.78, 5) is 29.6. The maximum atomic E-state index is 14.0. The topological polar surface area (TPSA) is 96.4 Å². The fraction of sp³-hybridized carbons (Fsp3) is 0.412. The second-order valence-electron chi connectivity index (χ2n) is 13.0. The summed E-state index contributed by atoms with van der Waals surface area (Å²) >= 11 is 6.11. The molecule has 0 radical (unpaired) electrons. The van der Waals surface area contributed by atoms with Gasteiger partial charge >= 0.3 is 7.60 Å². The third-order valence-electron chi connectivity index (χ3n) is 7.57. The summed E-state index contributed by atoms with van der Waals surface area (Å²) < 4.78 is 25.4. The van der Waals surface area contributed by atoms with Crippen molar-refractivity contribution in [2.75, 3.05) is 29.3 Å². The number of hydrogen-bond donors (Lipinski definition) is 1. The third kappa shape index (κ3) is 6.59. The number of hydrogen-bond acceptors (Lipinski definition) is 7. The van der Waals surface area contributed by atoms with E-state index < -0.39 is 30.2 Å². The van der Waals surface area contributed by atoms with E-state index in [0.717, 1.165) is 16.0 Å². The van der Waals surface area contributed by atoms with Crippen molar-refractivity contribution >= 4 is 48.1 Å². The van der Waals surface area contributed by atoms with Crippen LogP contribution in [0.4, 0.5) is 17.1 Å². The molecule has 0 saturated heterocycles. The van der Waals surface area contributed by atoms with Crippen LogP contribution in [0.1, 0.15) is 92.8 Å². The molecule has 4 rings (SSSR count). The van der Waals surface area contributed by atoms with Crippen LogP contribution in [0, 0.1) is 6.92 Å². The molecule has 10 heteroatoms. The maximum Gasteiger partial charge on any atom is 0.350 e. The van der Waals surface area contributed by atoms with Crippen LogP contribution in [0.25, 0.3) is 0 Å². The van der Waals surface area contributed by atoms with E-state index in [1.807, 2.05) is 71.6 Å². The minimum absolute atomic E-state index is 0.100. The molecule has 44 heavy (non-hydrogen) atoms. The molecule has 0 spiro atoms. The SMILES string of the molecule is CCOP(=O)(CN(c1ccc(N2C(=O)c3ccc(Cl)cc3C2=O)c(C)c1)c1cc(C(C)(C)C)c(O)c(C(C)(C)C)c1)OCC. The number of benzene rings is 3. The van der Waals surface area contributed by atoms with Gasteiger partial charge in [-0.1, -0.05) is 53.1 Å². The number of carbonyl (C=O) groups excluding carboxylic acids is 2.